The SMILES string of the molecule is COc1ccc(Cl)c(O)c1[C@@H](N)C1CCC1. The summed E-state index contributed by atoms with van der Waals surface area (Å²) in [6.07, 6.45) is 3.43. The Hall–Kier alpha value is -0.930. The van der Waals surface area contributed by atoms with Crippen LogP contribution in [0, 0.1) is 5.92 Å². The number of hydrogen-bond acceptors (Lipinski definition) is 3. The fraction of sp³-hybridized carbons (Fsp3) is 0.500. The number of phenolic OH excluding ortho intramolecular Hbond substituents is 1. The second kappa shape index (κ2) is 4.52. The van der Waals surface area contributed by atoms with Gasteiger partial charge in [-0.25, -0.2) is 0 Å². The van der Waals surface area contributed by atoms with E-state index in [1.165, 1.54) is 6.42 Å². The summed E-state index contributed by atoms with van der Waals surface area (Å²) in [6, 6.07) is 3.17. The van der Waals surface area contributed by atoms with Gasteiger partial charge in [0.1, 0.15) is 11.5 Å². The van der Waals surface area contributed by atoms with Crippen molar-refractivity contribution in [3.05, 3.63) is 22.7 Å². The number of benzene rings is 1. The topological polar surface area (TPSA) is 55.5 Å². The summed E-state index contributed by atoms with van der Waals surface area (Å²) in [5.74, 6) is 1.10. The van der Waals surface area contributed by atoms with Gasteiger partial charge in [0.2, 0.25) is 0 Å². The summed E-state index contributed by atoms with van der Waals surface area (Å²) in [6.45, 7) is 0. The van der Waals surface area contributed by atoms with Gasteiger partial charge in [-0.15, -0.1) is 0 Å². The van der Waals surface area contributed by atoms with Crippen LogP contribution in [0.15, 0.2) is 12.1 Å². The Balaban J connectivity index is 2.39. The van der Waals surface area contributed by atoms with Crippen LogP contribution < -0.4 is 10.5 Å². The minimum absolute atomic E-state index is 0.0559. The van der Waals surface area contributed by atoms with Gasteiger partial charge in [-0.05, 0) is 30.9 Å². The van der Waals surface area contributed by atoms with Crippen molar-refractivity contribution in [2.45, 2.75) is 25.3 Å². The summed E-state index contributed by atoms with van der Waals surface area (Å²) in [7, 11) is 1.57. The predicted octanol–water partition coefficient (Wildman–Crippen LogP) is 2.85. The molecule has 16 heavy (non-hydrogen) atoms. The molecular formula is C12H16ClNO2. The molecule has 4 heteroatoms. The van der Waals surface area contributed by atoms with Crippen LogP contribution in [0.1, 0.15) is 30.9 Å². The van der Waals surface area contributed by atoms with Crippen LogP contribution in [0.4, 0.5) is 0 Å². The number of hydrogen-bond donors (Lipinski definition) is 2. The summed E-state index contributed by atoms with van der Waals surface area (Å²) < 4.78 is 5.22. The number of nitrogens with two attached hydrogens (primary N) is 1. The van der Waals surface area contributed by atoms with Gasteiger partial charge >= 0.3 is 0 Å². The first-order chi connectivity index (χ1) is 7.65. The molecule has 0 spiro atoms. The average molecular weight is 242 g/mol. The summed E-state index contributed by atoms with van der Waals surface area (Å²) >= 11 is 5.89. The second-order valence-electron chi connectivity index (χ2n) is 4.23. The maximum Gasteiger partial charge on any atom is 0.142 e. The maximum absolute atomic E-state index is 9.96. The van der Waals surface area contributed by atoms with E-state index in [1.807, 2.05) is 0 Å². The Labute approximate surface area is 100 Å². The van der Waals surface area contributed by atoms with Gasteiger partial charge in [-0.2, -0.15) is 0 Å². The fourth-order valence-corrected chi connectivity index (χ4v) is 2.26. The molecule has 0 unspecified atom stereocenters. The monoisotopic (exact) mass is 241 g/mol. The van der Waals surface area contributed by atoms with Crippen molar-refractivity contribution in [1.82, 2.24) is 0 Å². The molecule has 0 aliphatic heterocycles. The second-order valence-corrected chi connectivity index (χ2v) is 4.64. The molecule has 1 aromatic rings. The van der Waals surface area contributed by atoms with Gasteiger partial charge < -0.3 is 15.6 Å². The number of methoxy groups -OCH3 is 1. The molecule has 0 bridgehead atoms. The van der Waals surface area contributed by atoms with Crippen LogP contribution in [0.25, 0.3) is 0 Å². The van der Waals surface area contributed by atoms with Gasteiger partial charge in [-0.3, -0.25) is 0 Å². The Bertz CT molecular complexity index is 391. The largest absolute Gasteiger partial charge is 0.506 e. The van der Waals surface area contributed by atoms with Gasteiger partial charge in [0, 0.05) is 6.04 Å². The summed E-state index contributed by atoms with van der Waals surface area (Å²) in [4.78, 5) is 0. The molecule has 3 N–H and O–H groups in total. The van der Waals surface area contributed by atoms with Crippen LogP contribution in [-0.4, -0.2) is 12.2 Å². The fourth-order valence-electron chi connectivity index (χ4n) is 2.10. The number of phenols is 1. The normalized spacial score (nSPS) is 17.9. The highest BCUT2D eigenvalue weighted by atomic mass is 35.5. The van der Waals surface area contributed by atoms with E-state index in [2.05, 4.69) is 0 Å². The first-order valence-corrected chi connectivity index (χ1v) is 5.84. The first kappa shape index (κ1) is 11.6. The van der Waals surface area contributed by atoms with E-state index in [0.29, 0.717) is 22.3 Å². The molecule has 1 aliphatic carbocycles. The van der Waals surface area contributed by atoms with Crippen LogP contribution in [0.5, 0.6) is 11.5 Å². The van der Waals surface area contributed by atoms with Crippen molar-refractivity contribution < 1.29 is 9.84 Å². The molecule has 3 nitrogen and oxygen atoms in total. The Morgan fingerprint density at radius 2 is 2.19 bits per heavy atom. The third-order valence-electron chi connectivity index (χ3n) is 3.34. The lowest BCUT2D eigenvalue weighted by Crippen LogP contribution is -2.27. The van der Waals surface area contributed by atoms with Gasteiger partial charge in [0.15, 0.2) is 0 Å². The molecule has 1 atom stereocenters. The molecule has 1 saturated carbocycles. The minimum Gasteiger partial charge on any atom is -0.506 e. The lowest BCUT2D eigenvalue weighted by atomic mass is 9.77. The highest BCUT2D eigenvalue weighted by Gasteiger charge is 2.30. The van der Waals surface area contributed by atoms with Crippen molar-refractivity contribution >= 4 is 11.6 Å². The third kappa shape index (κ3) is 1.85. The molecule has 0 radical (unpaired) electrons. The smallest absolute Gasteiger partial charge is 0.142 e. The van der Waals surface area contributed by atoms with E-state index in [-0.39, 0.29) is 11.8 Å². The molecule has 0 amide bonds. The quantitative estimate of drug-likeness (QED) is 0.856. The highest BCUT2D eigenvalue weighted by Crippen LogP contribution is 2.44. The number of aromatic hydroxyl groups is 1. The number of halogens is 1. The van der Waals surface area contributed by atoms with Crippen molar-refractivity contribution in [3.8, 4) is 11.5 Å². The van der Waals surface area contributed by atoms with Crippen LogP contribution in [-0.2, 0) is 0 Å². The van der Waals surface area contributed by atoms with Crippen molar-refractivity contribution in [1.29, 1.82) is 0 Å². The molecule has 0 aromatic heterocycles. The molecule has 0 heterocycles. The Morgan fingerprint density at radius 3 is 2.69 bits per heavy atom. The zero-order valence-corrected chi connectivity index (χ0v) is 10.00. The van der Waals surface area contributed by atoms with Gasteiger partial charge in [-0.1, -0.05) is 18.0 Å². The molecule has 0 saturated heterocycles. The van der Waals surface area contributed by atoms with E-state index in [1.54, 1.807) is 19.2 Å². The molecule has 88 valence electrons. The summed E-state index contributed by atoms with van der Waals surface area (Å²) in [5, 5.41) is 10.3. The maximum atomic E-state index is 9.96. The average Bonchev–Trinajstić information content (AvgIpc) is 2.19. The zero-order chi connectivity index (χ0) is 11.7. The van der Waals surface area contributed by atoms with E-state index < -0.39 is 0 Å². The third-order valence-corrected chi connectivity index (χ3v) is 3.64. The van der Waals surface area contributed by atoms with Crippen molar-refractivity contribution in [2.24, 2.45) is 11.7 Å². The predicted molar refractivity (Wildman–Crippen MR) is 63.9 cm³/mol. The Morgan fingerprint density at radius 1 is 1.50 bits per heavy atom. The summed E-state index contributed by atoms with van der Waals surface area (Å²) in [5.41, 5.74) is 6.79. The minimum atomic E-state index is -0.192. The van der Waals surface area contributed by atoms with Crippen molar-refractivity contribution in [2.75, 3.05) is 7.11 Å². The highest BCUT2D eigenvalue weighted by molar-refractivity contribution is 6.32. The first-order valence-electron chi connectivity index (χ1n) is 5.46. The zero-order valence-electron chi connectivity index (χ0n) is 9.24. The van der Waals surface area contributed by atoms with Crippen LogP contribution in [0.3, 0.4) is 0 Å². The molecular weight excluding hydrogens is 226 g/mol. The van der Waals surface area contributed by atoms with E-state index in [0.717, 1.165) is 12.8 Å². The molecule has 1 aliphatic rings. The molecule has 1 aromatic carbocycles. The molecule has 1 fully saturated rings. The van der Waals surface area contributed by atoms with E-state index >= 15 is 0 Å². The lowest BCUT2D eigenvalue weighted by Gasteiger charge is -2.32. The van der Waals surface area contributed by atoms with Crippen LogP contribution >= 0.6 is 11.6 Å². The molecule has 2 rings (SSSR count). The lowest BCUT2D eigenvalue weighted by molar-refractivity contribution is 0.255. The standard InChI is InChI=1S/C12H16ClNO2/c1-16-9-6-5-8(13)12(15)10(9)11(14)7-3-2-4-7/h5-7,11,15H,2-4,14H2,1H3/t11-/m0/s1. The van der Waals surface area contributed by atoms with Gasteiger partial charge in [0.05, 0.1) is 17.7 Å². The number of ether oxygens (including phenoxy) is 1. The van der Waals surface area contributed by atoms with E-state index in [4.69, 9.17) is 22.1 Å². The van der Waals surface area contributed by atoms with Crippen molar-refractivity contribution in [3.63, 3.8) is 0 Å². The van der Waals surface area contributed by atoms with Crippen LogP contribution in [0.2, 0.25) is 5.02 Å². The Kier molecular flexibility index (Phi) is 3.26. The van der Waals surface area contributed by atoms with E-state index in [9.17, 15) is 5.11 Å². The van der Waals surface area contributed by atoms with Gasteiger partial charge in [0.25, 0.3) is 0 Å². The number of rotatable bonds is 3.